The molecule has 2 aromatic rings. The normalized spacial score (nSPS) is 10.2. The van der Waals surface area contributed by atoms with Crippen LogP contribution in [0.2, 0.25) is 0 Å². The quantitative estimate of drug-likeness (QED) is 0.621. The molecule has 0 aliphatic rings. The smallest absolute Gasteiger partial charge is 0.203 e. The zero-order valence-corrected chi connectivity index (χ0v) is 9.17. The molecule has 2 N–H and O–H groups in total. The number of ketones is 1. The summed E-state index contributed by atoms with van der Waals surface area (Å²) < 4.78 is 0. The molecule has 0 bridgehead atoms. The van der Waals surface area contributed by atoms with Gasteiger partial charge in [-0.15, -0.1) is 11.3 Å². The maximum absolute atomic E-state index is 12.0. The third-order valence-electron chi connectivity index (χ3n) is 2.24. The molecule has 0 fully saturated rings. The largest absolute Gasteiger partial charge is 0.399 e. The van der Waals surface area contributed by atoms with Gasteiger partial charge in [0.15, 0.2) is 0 Å². The van der Waals surface area contributed by atoms with Crippen molar-refractivity contribution in [2.75, 3.05) is 5.73 Å². The van der Waals surface area contributed by atoms with Gasteiger partial charge in [0.2, 0.25) is 5.78 Å². The molecule has 0 spiro atoms. The Morgan fingerprint density at radius 2 is 2.13 bits per heavy atom. The van der Waals surface area contributed by atoms with E-state index in [1.54, 1.807) is 12.1 Å². The topological polar surface area (TPSA) is 43.1 Å². The zero-order chi connectivity index (χ0) is 10.8. The molecular formula is C12H11NOS. The Bertz CT molecular complexity index is 488. The summed E-state index contributed by atoms with van der Waals surface area (Å²) >= 11 is 1.46. The number of carbonyl (C=O) groups excluding carboxylic acids is 1. The number of carbonyl (C=O) groups is 1. The number of rotatable bonds is 2. The standard InChI is InChI=1S/C12H11NOS/c1-8-7-9(13)4-5-10(8)12(14)11-3-2-6-15-11/h2-7H,13H2,1H3. The van der Waals surface area contributed by atoms with E-state index in [0.29, 0.717) is 5.69 Å². The second-order valence-corrected chi connectivity index (χ2v) is 4.33. The number of benzene rings is 1. The first kappa shape index (κ1) is 9.93. The number of nitrogen functional groups attached to an aromatic ring is 1. The van der Waals surface area contributed by atoms with Crippen molar-refractivity contribution in [2.24, 2.45) is 0 Å². The van der Waals surface area contributed by atoms with Gasteiger partial charge in [0, 0.05) is 11.3 Å². The van der Waals surface area contributed by atoms with E-state index in [2.05, 4.69) is 0 Å². The van der Waals surface area contributed by atoms with Crippen LogP contribution < -0.4 is 5.73 Å². The second-order valence-electron chi connectivity index (χ2n) is 3.38. The van der Waals surface area contributed by atoms with E-state index < -0.39 is 0 Å². The maximum atomic E-state index is 12.0. The molecule has 0 aliphatic carbocycles. The molecule has 76 valence electrons. The van der Waals surface area contributed by atoms with Gasteiger partial charge in [0.05, 0.1) is 4.88 Å². The van der Waals surface area contributed by atoms with Crippen LogP contribution in [-0.4, -0.2) is 5.78 Å². The Balaban J connectivity index is 2.42. The van der Waals surface area contributed by atoms with Crippen molar-refractivity contribution in [1.82, 2.24) is 0 Å². The van der Waals surface area contributed by atoms with Crippen molar-refractivity contribution in [3.05, 3.63) is 51.7 Å². The highest BCUT2D eigenvalue weighted by atomic mass is 32.1. The summed E-state index contributed by atoms with van der Waals surface area (Å²) in [6.07, 6.45) is 0. The molecule has 1 heterocycles. The fraction of sp³-hybridized carbons (Fsp3) is 0.0833. The van der Waals surface area contributed by atoms with Crippen molar-refractivity contribution in [2.45, 2.75) is 6.92 Å². The van der Waals surface area contributed by atoms with Crippen molar-refractivity contribution in [1.29, 1.82) is 0 Å². The van der Waals surface area contributed by atoms with Crippen LogP contribution in [0.25, 0.3) is 0 Å². The van der Waals surface area contributed by atoms with Crippen LogP contribution in [0.1, 0.15) is 20.8 Å². The van der Waals surface area contributed by atoms with E-state index in [1.165, 1.54) is 11.3 Å². The van der Waals surface area contributed by atoms with Crippen LogP contribution in [0.5, 0.6) is 0 Å². The summed E-state index contributed by atoms with van der Waals surface area (Å²) in [6.45, 7) is 1.90. The molecule has 0 saturated carbocycles. The molecule has 0 atom stereocenters. The first-order chi connectivity index (χ1) is 7.18. The molecule has 1 aromatic carbocycles. The van der Waals surface area contributed by atoms with E-state index >= 15 is 0 Å². The molecule has 2 rings (SSSR count). The molecular weight excluding hydrogens is 206 g/mol. The van der Waals surface area contributed by atoms with Crippen LogP contribution in [0, 0.1) is 6.92 Å². The minimum Gasteiger partial charge on any atom is -0.399 e. The molecule has 1 aromatic heterocycles. The summed E-state index contributed by atoms with van der Waals surface area (Å²) in [5, 5.41) is 1.90. The second kappa shape index (κ2) is 3.87. The fourth-order valence-corrected chi connectivity index (χ4v) is 2.16. The molecule has 0 aliphatic heterocycles. The molecule has 0 saturated heterocycles. The van der Waals surface area contributed by atoms with Crippen molar-refractivity contribution >= 4 is 22.8 Å². The van der Waals surface area contributed by atoms with E-state index in [1.807, 2.05) is 30.5 Å². The van der Waals surface area contributed by atoms with Gasteiger partial charge < -0.3 is 5.73 Å². The Kier molecular flexibility index (Phi) is 2.56. The van der Waals surface area contributed by atoms with Gasteiger partial charge in [-0.3, -0.25) is 4.79 Å². The van der Waals surface area contributed by atoms with Crippen molar-refractivity contribution in [3.63, 3.8) is 0 Å². The Morgan fingerprint density at radius 1 is 1.33 bits per heavy atom. The minimum absolute atomic E-state index is 0.0718. The predicted molar refractivity (Wildman–Crippen MR) is 63.3 cm³/mol. The highest BCUT2D eigenvalue weighted by molar-refractivity contribution is 7.12. The highest BCUT2D eigenvalue weighted by Gasteiger charge is 2.12. The third kappa shape index (κ3) is 1.92. The molecule has 0 amide bonds. The number of hydrogen-bond acceptors (Lipinski definition) is 3. The van der Waals surface area contributed by atoms with Crippen LogP contribution in [0.15, 0.2) is 35.7 Å². The third-order valence-corrected chi connectivity index (χ3v) is 3.11. The number of thiophene rings is 1. The number of anilines is 1. The molecule has 2 nitrogen and oxygen atoms in total. The first-order valence-corrected chi connectivity index (χ1v) is 5.51. The van der Waals surface area contributed by atoms with Crippen molar-refractivity contribution in [3.8, 4) is 0 Å². The minimum atomic E-state index is 0.0718. The van der Waals surface area contributed by atoms with Gasteiger partial charge in [0.25, 0.3) is 0 Å². The molecule has 3 heteroatoms. The Hall–Kier alpha value is -1.61. The summed E-state index contributed by atoms with van der Waals surface area (Å²) in [4.78, 5) is 12.8. The predicted octanol–water partition coefficient (Wildman–Crippen LogP) is 2.87. The number of nitrogens with two attached hydrogens (primary N) is 1. The van der Waals surface area contributed by atoms with E-state index in [0.717, 1.165) is 16.0 Å². The SMILES string of the molecule is Cc1cc(N)ccc1C(=O)c1cccs1. The van der Waals surface area contributed by atoms with Crippen LogP contribution in [-0.2, 0) is 0 Å². The Labute approximate surface area is 92.4 Å². The number of aryl methyl sites for hydroxylation is 1. The summed E-state index contributed by atoms with van der Waals surface area (Å²) in [5.74, 6) is 0.0718. The lowest BCUT2D eigenvalue weighted by Crippen LogP contribution is -2.02. The Morgan fingerprint density at radius 3 is 2.73 bits per heavy atom. The lowest BCUT2D eigenvalue weighted by atomic mass is 10.0. The van der Waals surface area contributed by atoms with Crippen LogP contribution in [0.3, 0.4) is 0 Å². The fourth-order valence-electron chi connectivity index (χ4n) is 1.48. The molecule has 0 radical (unpaired) electrons. The van der Waals surface area contributed by atoms with Gasteiger partial charge in [-0.2, -0.15) is 0 Å². The van der Waals surface area contributed by atoms with Crippen LogP contribution in [0.4, 0.5) is 5.69 Å². The average Bonchev–Trinajstić information content (AvgIpc) is 2.69. The monoisotopic (exact) mass is 217 g/mol. The lowest BCUT2D eigenvalue weighted by Gasteiger charge is -2.03. The summed E-state index contributed by atoms with van der Waals surface area (Å²) in [5.41, 5.74) is 7.98. The summed E-state index contributed by atoms with van der Waals surface area (Å²) in [7, 11) is 0. The lowest BCUT2D eigenvalue weighted by molar-refractivity contribution is 0.104. The summed E-state index contributed by atoms with van der Waals surface area (Å²) in [6, 6.07) is 9.08. The van der Waals surface area contributed by atoms with E-state index in [9.17, 15) is 4.79 Å². The molecule has 0 unspecified atom stereocenters. The van der Waals surface area contributed by atoms with E-state index in [4.69, 9.17) is 5.73 Å². The van der Waals surface area contributed by atoms with Gasteiger partial charge >= 0.3 is 0 Å². The average molecular weight is 217 g/mol. The first-order valence-electron chi connectivity index (χ1n) is 4.63. The van der Waals surface area contributed by atoms with Gasteiger partial charge in [-0.1, -0.05) is 6.07 Å². The highest BCUT2D eigenvalue weighted by Crippen LogP contribution is 2.19. The van der Waals surface area contributed by atoms with Crippen molar-refractivity contribution < 1.29 is 4.79 Å². The molecule has 15 heavy (non-hydrogen) atoms. The van der Waals surface area contributed by atoms with Gasteiger partial charge in [0.1, 0.15) is 0 Å². The van der Waals surface area contributed by atoms with Gasteiger partial charge in [-0.05, 0) is 42.1 Å². The maximum Gasteiger partial charge on any atom is 0.203 e. The van der Waals surface area contributed by atoms with E-state index in [-0.39, 0.29) is 5.78 Å². The zero-order valence-electron chi connectivity index (χ0n) is 8.36. The van der Waals surface area contributed by atoms with Crippen LogP contribution >= 0.6 is 11.3 Å². The van der Waals surface area contributed by atoms with Gasteiger partial charge in [-0.25, -0.2) is 0 Å². The number of hydrogen-bond donors (Lipinski definition) is 1.